The molecule has 0 spiro atoms. The van der Waals surface area contributed by atoms with Crippen molar-refractivity contribution >= 4 is 0 Å². The topological polar surface area (TPSA) is 0 Å². The van der Waals surface area contributed by atoms with Crippen LogP contribution in [-0.2, 0) is 0 Å². The molecule has 0 aromatic heterocycles. The van der Waals surface area contributed by atoms with Gasteiger partial charge in [-0.1, -0.05) is 94.4 Å². The third-order valence-electron chi connectivity index (χ3n) is 5.35. The molecule has 0 aliphatic carbocycles. The van der Waals surface area contributed by atoms with Crippen molar-refractivity contribution in [2.24, 2.45) is 35.0 Å². The van der Waals surface area contributed by atoms with Crippen molar-refractivity contribution in [3.63, 3.8) is 0 Å². The summed E-state index contributed by atoms with van der Waals surface area (Å²) in [5.41, 5.74) is 0.424. The van der Waals surface area contributed by atoms with Crippen molar-refractivity contribution in [1.29, 1.82) is 0 Å². The van der Waals surface area contributed by atoms with E-state index in [-0.39, 0.29) is 0 Å². The minimum atomic E-state index is 0.424. The summed E-state index contributed by atoms with van der Waals surface area (Å²) in [6, 6.07) is 0. The van der Waals surface area contributed by atoms with Gasteiger partial charge in [0.15, 0.2) is 0 Å². The largest absolute Gasteiger partial charge is 0.0654 e. The van der Waals surface area contributed by atoms with E-state index < -0.39 is 0 Å². The number of hydrogen-bond donors (Lipinski definition) is 0. The Balaban J connectivity index is 5.42. The lowest BCUT2D eigenvalue weighted by molar-refractivity contribution is 0.0360. The average Bonchev–Trinajstić information content (AvgIpc) is 2.32. The second-order valence-corrected chi connectivity index (χ2v) is 8.43. The van der Waals surface area contributed by atoms with Crippen LogP contribution in [-0.4, -0.2) is 0 Å². The summed E-state index contributed by atoms with van der Waals surface area (Å²) in [7, 11) is 0. The number of rotatable bonds is 9. The highest BCUT2D eigenvalue weighted by Crippen LogP contribution is 2.46. The standard InChI is InChI=1S/C20H42/c1-10-13-17(16(6)12-3)18(14-11-2)19(15(4)5)20(7,8)9/h15-19H,10-14H2,1-9H3. The molecule has 0 aliphatic rings. The van der Waals surface area contributed by atoms with Gasteiger partial charge in [-0.2, -0.15) is 0 Å². The van der Waals surface area contributed by atoms with Crippen LogP contribution >= 0.6 is 0 Å². The van der Waals surface area contributed by atoms with Gasteiger partial charge in [-0.05, 0) is 35.0 Å². The van der Waals surface area contributed by atoms with Crippen LogP contribution in [0.4, 0.5) is 0 Å². The Kier molecular flexibility index (Phi) is 9.11. The fraction of sp³-hybridized carbons (Fsp3) is 1.00. The Bertz CT molecular complexity index is 233. The predicted molar refractivity (Wildman–Crippen MR) is 94.0 cm³/mol. The Morgan fingerprint density at radius 2 is 1.20 bits per heavy atom. The van der Waals surface area contributed by atoms with Crippen LogP contribution in [0.15, 0.2) is 0 Å². The van der Waals surface area contributed by atoms with Gasteiger partial charge in [0, 0.05) is 0 Å². The van der Waals surface area contributed by atoms with E-state index in [1.165, 1.54) is 32.1 Å². The van der Waals surface area contributed by atoms with Gasteiger partial charge in [0.2, 0.25) is 0 Å². The molecular weight excluding hydrogens is 240 g/mol. The molecule has 122 valence electrons. The summed E-state index contributed by atoms with van der Waals surface area (Å²) in [5, 5.41) is 0. The van der Waals surface area contributed by atoms with Crippen LogP contribution in [0.3, 0.4) is 0 Å². The molecule has 0 aromatic carbocycles. The molecule has 0 aromatic rings. The van der Waals surface area contributed by atoms with E-state index in [2.05, 4.69) is 62.3 Å². The third-order valence-corrected chi connectivity index (χ3v) is 5.35. The lowest BCUT2D eigenvalue weighted by Gasteiger charge is -2.45. The van der Waals surface area contributed by atoms with Crippen molar-refractivity contribution < 1.29 is 0 Å². The molecule has 4 unspecified atom stereocenters. The minimum absolute atomic E-state index is 0.424. The summed E-state index contributed by atoms with van der Waals surface area (Å²) in [6.07, 6.45) is 6.83. The summed E-state index contributed by atoms with van der Waals surface area (Å²) >= 11 is 0. The van der Waals surface area contributed by atoms with Crippen LogP contribution in [0.2, 0.25) is 0 Å². The van der Waals surface area contributed by atoms with Gasteiger partial charge in [0.05, 0.1) is 0 Å². The molecule has 0 bridgehead atoms. The van der Waals surface area contributed by atoms with Crippen LogP contribution < -0.4 is 0 Å². The second kappa shape index (κ2) is 9.11. The molecular formula is C20H42. The molecule has 0 amide bonds. The Labute approximate surface area is 130 Å². The average molecular weight is 283 g/mol. The number of hydrogen-bond acceptors (Lipinski definition) is 0. The van der Waals surface area contributed by atoms with E-state index in [0.29, 0.717) is 5.41 Å². The Hall–Kier alpha value is 0. The van der Waals surface area contributed by atoms with Crippen molar-refractivity contribution in [1.82, 2.24) is 0 Å². The van der Waals surface area contributed by atoms with Crippen molar-refractivity contribution in [3.8, 4) is 0 Å². The van der Waals surface area contributed by atoms with E-state index in [1.54, 1.807) is 0 Å². The molecule has 0 N–H and O–H groups in total. The van der Waals surface area contributed by atoms with Crippen LogP contribution in [0.5, 0.6) is 0 Å². The van der Waals surface area contributed by atoms with E-state index in [1.807, 2.05) is 0 Å². The van der Waals surface area contributed by atoms with Crippen molar-refractivity contribution in [3.05, 3.63) is 0 Å². The zero-order valence-corrected chi connectivity index (χ0v) is 15.9. The van der Waals surface area contributed by atoms with Crippen molar-refractivity contribution in [2.75, 3.05) is 0 Å². The van der Waals surface area contributed by atoms with E-state index in [4.69, 9.17) is 0 Å². The molecule has 0 saturated carbocycles. The van der Waals surface area contributed by atoms with Gasteiger partial charge >= 0.3 is 0 Å². The molecule has 0 fully saturated rings. The molecule has 4 atom stereocenters. The Morgan fingerprint density at radius 1 is 0.750 bits per heavy atom. The van der Waals surface area contributed by atoms with Crippen LogP contribution in [0, 0.1) is 35.0 Å². The zero-order chi connectivity index (χ0) is 15.9. The Morgan fingerprint density at radius 3 is 1.50 bits per heavy atom. The normalized spacial score (nSPS) is 18.9. The SMILES string of the molecule is CCCC(C(C)CC)C(CCC)C(C(C)C)C(C)(C)C. The first-order valence-electron chi connectivity index (χ1n) is 9.20. The fourth-order valence-electron chi connectivity index (χ4n) is 4.69. The van der Waals surface area contributed by atoms with Crippen LogP contribution in [0.25, 0.3) is 0 Å². The molecule has 0 radical (unpaired) electrons. The molecule has 20 heavy (non-hydrogen) atoms. The molecule has 0 saturated heterocycles. The fourth-order valence-corrected chi connectivity index (χ4v) is 4.69. The first kappa shape index (κ1) is 20.0. The minimum Gasteiger partial charge on any atom is -0.0654 e. The van der Waals surface area contributed by atoms with Crippen molar-refractivity contribution in [2.45, 2.75) is 94.4 Å². The highest BCUT2D eigenvalue weighted by molar-refractivity contribution is 4.87. The highest BCUT2D eigenvalue weighted by Gasteiger charge is 2.38. The first-order chi connectivity index (χ1) is 9.20. The molecule has 0 aliphatic heterocycles. The maximum atomic E-state index is 2.49. The lowest BCUT2D eigenvalue weighted by Crippen LogP contribution is -2.38. The third kappa shape index (κ3) is 5.78. The van der Waals surface area contributed by atoms with Gasteiger partial charge in [-0.25, -0.2) is 0 Å². The van der Waals surface area contributed by atoms with Gasteiger partial charge in [0.1, 0.15) is 0 Å². The summed E-state index contributed by atoms with van der Waals surface area (Å²) in [6.45, 7) is 21.9. The van der Waals surface area contributed by atoms with E-state index in [0.717, 1.165) is 29.6 Å². The molecule has 0 nitrogen and oxygen atoms in total. The summed E-state index contributed by atoms with van der Waals surface area (Å²) in [5.74, 6) is 4.31. The summed E-state index contributed by atoms with van der Waals surface area (Å²) < 4.78 is 0. The van der Waals surface area contributed by atoms with Gasteiger partial charge in [0.25, 0.3) is 0 Å². The molecule has 0 heterocycles. The van der Waals surface area contributed by atoms with Gasteiger partial charge in [-0.15, -0.1) is 0 Å². The first-order valence-corrected chi connectivity index (χ1v) is 9.20. The van der Waals surface area contributed by atoms with E-state index in [9.17, 15) is 0 Å². The van der Waals surface area contributed by atoms with Gasteiger partial charge in [-0.3, -0.25) is 0 Å². The maximum absolute atomic E-state index is 2.49. The van der Waals surface area contributed by atoms with E-state index >= 15 is 0 Å². The highest BCUT2D eigenvalue weighted by atomic mass is 14.4. The second-order valence-electron chi connectivity index (χ2n) is 8.43. The monoisotopic (exact) mass is 282 g/mol. The summed E-state index contributed by atoms with van der Waals surface area (Å²) in [4.78, 5) is 0. The molecule has 0 heteroatoms. The maximum Gasteiger partial charge on any atom is -0.0311 e. The van der Waals surface area contributed by atoms with Crippen LogP contribution in [0.1, 0.15) is 94.4 Å². The molecule has 0 rings (SSSR count). The zero-order valence-electron chi connectivity index (χ0n) is 15.9. The quantitative estimate of drug-likeness (QED) is 0.420. The van der Waals surface area contributed by atoms with Gasteiger partial charge < -0.3 is 0 Å². The smallest absolute Gasteiger partial charge is 0.0311 e. The lowest BCUT2D eigenvalue weighted by atomic mass is 9.60. The predicted octanol–water partition coefficient (Wildman–Crippen LogP) is 7.18.